The largest absolute Gasteiger partial charge is 0.481 e. The molecule has 0 radical (unpaired) electrons. The maximum atomic E-state index is 12.6. The zero-order chi connectivity index (χ0) is 18.1. The maximum absolute atomic E-state index is 12.6. The van der Waals surface area contributed by atoms with E-state index in [0.29, 0.717) is 50.2 Å². The van der Waals surface area contributed by atoms with E-state index in [4.69, 9.17) is 9.57 Å². The van der Waals surface area contributed by atoms with Gasteiger partial charge in [-0.2, -0.15) is 13.2 Å². The van der Waals surface area contributed by atoms with Crippen molar-refractivity contribution in [2.45, 2.75) is 38.0 Å². The van der Waals surface area contributed by atoms with Crippen LogP contribution in [0.3, 0.4) is 0 Å². The first-order valence-electron chi connectivity index (χ1n) is 8.02. The fourth-order valence-electron chi connectivity index (χ4n) is 3.26. The Morgan fingerprint density at radius 3 is 2.44 bits per heavy atom. The molecule has 3 rings (SSSR count). The van der Waals surface area contributed by atoms with Gasteiger partial charge in [0, 0.05) is 26.1 Å². The summed E-state index contributed by atoms with van der Waals surface area (Å²) in [5, 5.41) is 13.5. The summed E-state index contributed by atoms with van der Waals surface area (Å²) in [4.78, 5) is 17.0. The molecule has 1 atom stereocenters. The SMILES string of the molecule is O=C(O)C1(C[C@H]2CC(c3ccc(C(F)(F)F)cc3)=NO2)CCOCC1. The van der Waals surface area contributed by atoms with Crippen molar-refractivity contribution in [1.82, 2.24) is 0 Å². The van der Waals surface area contributed by atoms with Gasteiger partial charge in [-0.1, -0.05) is 17.3 Å². The number of aliphatic carboxylic acids is 1. The summed E-state index contributed by atoms with van der Waals surface area (Å²) >= 11 is 0. The first-order valence-corrected chi connectivity index (χ1v) is 8.02. The van der Waals surface area contributed by atoms with Gasteiger partial charge >= 0.3 is 12.1 Å². The van der Waals surface area contributed by atoms with Crippen molar-refractivity contribution in [2.75, 3.05) is 13.2 Å². The van der Waals surface area contributed by atoms with Gasteiger partial charge in [-0.05, 0) is 30.5 Å². The third kappa shape index (κ3) is 3.78. The molecule has 8 heteroatoms. The molecular formula is C17H18F3NO4. The van der Waals surface area contributed by atoms with Crippen LogP contribution in [0.5, 0.6) is 0 Å². The van der Waals surface area contributed by atoms with Gasteiger partial charge < -0.3 is 14.7 Å². The topological polar surface area (TPSA) is 68.1 Å². The molecule has 2 aliphatic heterocycles. The predicted molar refractivity (Wildman–Crippen MR) is 82.2 cm³/mol. The number of hydrogen-bond acceptors (Lipinski definition) is 4. The highest BCUT2D eigenvalue weighted by molar-refractivity contribution is 6.01. The van der Waals surface area contributed by atoms with Gasteiger partial charge in [-0.15, -0.1) is 0 Å². The molecule has 25 heavy (non-hydrogen) atoms. The Labute approximate surface area is 142 Å². The van der Waals surface area contributed by atoms with Crippen molar-refractivity contribution >= 4 is 11.7 Å². The molecule has 5 nitrogen and oxygen atoms in total. The first-order chi connectivity index (χ1) is 11.8. The predicted octanol–water partition coefficient (Wildman–Crippen LogP) is 3.47. The summed E-state index contributed by atoms with van der Waals surface area (Å²) in [5.41, 5.74) is -0.536. The number of alkyl halides is 3. The fraction of sp³-hybridized carbons (Fsp3) is 0.529. The Bertz CT molecular complexity index is 663. The molecule has 1 fully saturated rings. The Hall–Kier alpha value is -2.09. The molecule has 0 saturated carbocycles. The van der Waals surface area contributed by atoms with Crippen LogP contribution in [0.25, 0.3) is 0 Å². The minimum Gasteiger partial charge on any atom is -0.481 e. The number of halogens is 3. The molecule has 0 unspecified atom stereocenters. The summed E-state index contributed by atoms with van der Waals surface area (Å²) in [7, 11) is 0. The number of carbonyl (C=O) groups is 1. The van der Waals surface area contributed by atoms with Crippen LogP contribution in [0, 0.1) is 5.41 Å². The second kappa shape index (κ2) is 6.67. The molecule has 1 saturated heterocycles. The van der Waals surface area contributed by atoms with E-state index in [1.807, 2.05) is 0 Å². The summed E-state index contributed by atoms with van der Waals surface area (Å²) in [6.07, 6.45) is -3.27. The van der Waals surface area contributed by atoms with E-state index < -0.39 is 29.2 Å². The molecule has 2 heterocycles. The molecule has 2 aliphatic rings. The summed E-state index contributed by atoms with van der Waals surface area (Å²) in [6.45, 7) is 0.789. The van der Waals surface area contributed by atoms with Crippen molar-refractivity contribution in [2.24, 2.45) is 10.6 Å². The minimum absolute atomic E-state index is 0.305. The van der Waals surface area contributed by atoms with Crippen LogP contribution < -0.4 is 0 Å². The monoisotopic (exact) mass is 357 g/mol. The van der Waals surface area contributed by atoms with E-state index in [-0.39, 0.29) is 0 Å². The number of ether oxygens (including phenoxy) is 1. The van der Waals surface area contributed by atoms with Crippen molar-refractivity contribution in [3.05, 3.63) is 35.4 Å². The summed E-state index contributed by atoms with van der Waals surface area (Å²) in [6, 6.07) is 4.72. The molecular weight excluding hydrogens is 339 g/mol. The van der Waals surface area contributed by atoms with Gasteiger partial charge in [0.25, 0.3) is 0 Å². The summed E-state index contributed by atoms with van der Waals surface area (Å²) < 4.78 is 43.1. The quantitative estimate of drug-likeness (QED) is 0.896. The number of nitrogens with zero attached hydrogens (tertiary/aromatic N) is 1. The van der Waals surface area contributed by atoms with Crippen LogP contribution in [-0.2, 0) is 20.5 Å². The average molecular weight is 357 g/mol. The lowest BCUT2D eigenvalue weighted by Gasteiger charge is -2.34. The Morgan fingerprint density at radius 2 is 1.88 bits per heavy atom. The van der Waals surface area contributed by atoms with Crippen molar-refractivity contribution in [3.63, 3.8) is 0 Å². The molecule has 0 spiro atoms. The van der Waals surface area contributed by atoms with Crippen molar-refractivity contribution in [3.8, 4) is 0 Å². The number of hydrogen-bond donors (Lipinski definition) is 1. The number of benzene rings is 1. The average Bonchev–Trinajstić information content (AvgIpc) is 3.03. The van der Waals surface area contributed by atoms with E-state index in [0.717, 1.165) is 12.1 Å². The van der Waals surface area contributed by atoms with Crippen LogP contribution >= 0.6 is 0 Å². The van der Waals surface area contributed by atoms with E-state index >= 15 is 0 Å². The van der Waals surface area contributed by atoms with E-state index in [2.05, 4.69) is 5.16 Å². The fourth-order valence-corrected chi connectivity index (χ4v) is 3.26. The lowest BCUT2D eigenvalue weighted by molar-refractivity contribution is -0.158. The van der Waals surface area contributed by atoms with Crippen LogP contribution in [0.4, 0.5) is 13.2 Å². The lowest BCUT2D eigenvalue weighted by Crippen LogP contribution is -2.40. The van der Waals surface area contributed by atoms with Gasteiger partial charge in [0.15, 0.2) is 0 Å². The van der Waals surface area contributed by atoms with E-state index in [1.54, 1.807) is 0 Å². The molecule has 1 aromatic carbocycles. The van der Waals surface area contributed by atoms with Gasteiger partial charge in [0.1, 0.15) is 6.10 Å². The zero-order valence-electron chi connectivity index (χ0n) is 13.4. The number of rotatable bonds is 4. The van der Waals surface area contributed by atoms with Crippen molar-refractivity contribution < 1.29 is 32.6 Å². The third-order valence-corrected chi connectivity index (χ3v) is 4.80. The normalized spacial score (nSPS) is 23.0. The smallest absolute Gasteiger partial charge is 0.416 e. The first kappa shape index (κ1) is 17.7. The van der Waals surface area contributed by atoms with Crippen LogP contribution in [0.2, 0.25) is 0 Å². The molecule has 1 N–H and O–H groups in total. The molecule has 0 amide bonds. The van der Waals surface area contributed by atoms with Gasteiger partial charge in [0.2, 0.25) is 0 Å². The van der Waals surface area contributed by atoms with Gasteiger partial charge in [0.05, 0.1) is 16.7 Å². The maximum Gasteiger partial charge on any atom is 0.416 e. The second-order valence-corrected chi connectivity index (χ2v) is 6.45. The van der Waals surface area contributed by atoms with E-state index in [9.17, 15) is 23.1 Å². The van der Waals surface area contributed by atoms with Gasteiger partial charge in [-0.25, -0.2) is 0 Å². The van der Waals surface area contributed by atoms with E-state index in [1.165, 1.54) is 12.1 Å². The molecule has 0 bridgehead atoms. The highest BCUT2D eigenvalue weighted by atomic mass is 19.4. The molecule has 136 valence electrons. The molecule has 0 aromatic heterocycles. The Balaban J connectivity index is 1.66. The lowest BCUT2D eigenvalue weighted by atomic mass is 9.75. The highest BCUT2D eigenvalue weighted by Gasteiger charge is 2.44. The number of oxime groups is 1. The standard InChI is InChI=1S/C17H18F3NO4/c18-17(19,20)12-3-1-11(2-4-12)14-9-13(25-21-14)10-16(15(22)23)5-7-24-8-6-16/h1-4,13H,5-10H2,(H,22,23)/t13-/m1/s1. The molecule has 0 aliphatic carbocycles. The third-order valence-electron chi connectivity index (χ3n) is 4.80. The van der Waals surface area contributed by atoms with Crippen LogP contribution in [0.1, 0.15) is 36.8 Å². The highest BCUT2D eigenvalue weighted by Crippen LogP contribution is 2.38. The zero-order valence-corrected chi connectivity index (χ0v) is 13.4. The number of carboxylic acids is 1. The molecule has 1 aromatic rings. The summed E-state index contributed by atoms with van der Waals surface area (Å²) in [5.74, 6) is -0.873. The van der Waals surface area contributed by atoms with Gasteiger partial charge in [-0.3, -0.25) is 4.79 Å². The second-order valence-electron chi connectivity index (χ2n) is 6.45. The Kier molecular flexibility index (Phi) is 4.73. The van der Waals surface area contributed by atoms with Crippen LogP contribution in [0.15, 0.2) is 29.4 Å². The minimum atomic E-state index is -4.38. The van der Waals surface area contributed by atoms with Crippen LogP contribution in [-0.4, -0.2) is 36.1 Å². The number of carboxylic acid groups (broad SMARTS) is 1. The van der Waals surface area contributed by atoms with Crippen molar-refractivity contribution in [1.29, 1.82) is 0 Å². The Morgan fingerprint density at radius 1 is 1.24 bits per heavy atom.